The van der Waals surface area contributed by atoms with Crippen molar-refractivity contribution < 1.29 is 9.18 Å². The average molecular weight is 252 g/mol. The van der Waals surface area contributed by atoms with Crippen LogP contribution in [0.3, 0.4) is 0 Å². The predicted molar refractivity (Wildman–Crippen MR) is 71.1 cm³/mol. The molecular formula is C14H21FN2O. The van der Waals surface area contributed by atoms with Gasteiger partial charge in [0.2, 0.25) is 0 Å². The lowest BCUT2D eigenvalue weighted by molar-refractivity contribution is -0.106. The molecule has 0 N–H and O–H groups in total. The highest BCUT2D eigenvalue weighted by molar-refractivity contribution is 5.83. The smallest absolute Gasteiger partial charge is 0.178 e. The Morgan fingerprint density at radius 3 is 2.33 bits per heavy atom. The van der Waals surface area contributed by atoms with Gasteiger partial charge in [-0.15, -0.1) is 0 Å². The van der Waals surface area contributed by atoms with E-state index in [9.17, 15) is 9.18 Å². The molecule has 0 saturated carbocycles. The molecule has 1 heterocycles. The van der Waals surface area contributed by atoms with Crippen LogP contribution in [-0.2, 0) is 10.3 Å². The predicted octanol–water partition coefficient (Wildman–Crippen LogP) is 3.66. The van der Waals surface area contributed by atoms with Crippen LogP contribution >= 0.6 is 0 Å². The molecule has 0 fully saturated rings. The second kappa shape index (κ2) is 5.04. The quantitative estimate of drug-likeness (QED) is 0.608. The molecule has 0 aliphatic heterocycles. The minimum absolute atomic E-state index is 0.171. The number of carbonyl (C=O) groups excluding carboxylic acids is 1. The van der Waals surface area contributed by atoms with Crippen molar-refractivity contribution in [3.8, 4) is 0 Å². The first kappa shape index (κ1) is 14.6. The number of rotatable bonds is 3. The summed E-state index contributed by atoms with van der Waals surface area (Å²) < 4.78 is 15.2. The van der Waals surface area contributed by atoms with Gasteiger partial charge in [0, 0.05) is 11.3 Å². The van der Waals surface area contributed by atoms with E-state index in [1.807, 2.05) is 31.5 Å². The number of aromatic nitrogens is 2. The maximum absolute atomic E-state index is 13.3. The van der Waals surface area contributed by atoms with Gasteiger partial charge in [0.15, 0.2) is 12.1 Å². The fourth-order valence-electron chi connectivity index (χ4n) is 1.74. The van der Waals surface area contributed by atoms with Gasteiger partial charge in [0.25, 0.3) is 0 Å². The van der Waals surface area contributed by atoms with Crippen LogP contribution in [0.15, 0.2) is 11.9 Å². The monoisotopic (exact) mass is 252 g/mol. The molecule has 0 aliphatic carbocycles. The molecule has 100 valence electrons. The van der Waals surface area contributed by atoms with Crippen molar-refractivity contribution in [1.29, 1.82) is 0 Å². The van der Waals surface area contributed by atoms with Crippen LogP contribution in [0.1, 0.15) is 58.8 Å². The lowest BCUT2D eigenvalue weighted by Gasteiger charge is -2.23. The Bertz CT molecular complexity index is 478. The largest absolute Gasteiger partial charge is 0.295 e. The Hall–Kier alpha value is -1.45. The van der Waals surface area contributed by atoms with Gasteiger partial charge in [-0.2, -0.15) is 5.10 Å². The van der Waals surface area contributed by atoms with Crippen molar-refractivity contribution in [2.45, 2.75) is 53.0 Å². The second-order valence-electron chi connectivity index (χ2n) is 5.78. The van der Waals surface area contributed by atoms with Crippen LogP contribution in [-0.4, -0.2) is 16.1 Å². The number of hydrogen-bond acceptors (Lipinski definition) is 2. The Morgan fingerprint density at radius 2 is 2.00 bits per heavy atom. The zero-order valence-corrected chi connectivity index (χ0v) is 11.9. The number of aldehydes is 1. The lowest BCUT2D eigenvalue weighted by Crippen LogP contribution is -2.25. The topological polar surface area (TPSA) is 34.9 Å². The molecule has 0 saturated heterocycles. The third kappa shape index (κ3) is 2.86. The van der Waals surface area contributed by atoms with E-state index >= 15 is 0 Å². The van der Waals surface area contributed by atoms with Crippen molar-refractivity contribution in [2.24, 2.45) is 0 Å². The highest BCUT2D eigenvalue weighted by Gasteiger charge is 2.22. The molecule has 0 bridgehead atoms. The normalized spacial score (nSPS) is 13.8. The average Bonchev–Trinajstić information content (AvgIpc) is 2.71. The molecule has 0 atom stereocenters. The minimum Gasteiger partial charge on any atom is -0.295 e. The zero-order valence-electron chi connectivity index (χ0n) is 11.9. The van der Waals surface area contributed by atoms with Crippen LogP contribution in [0, 0.1) is 0 Å². The SMILES string of the molecule is C/C(=C(\F)C=O)c1cc(C(C)C)n(C(C)(C)C)n1. The van der Waals surface area contributed by atoms with Crippen molar-refractivity contribution in [3.63, 3.8) is 0 Å². The molecule has 4 heteroatoms. The van der Waals surface area contributed by atoms with Gasteiger partial charge >= 0.3 is 0 Å². The van der Waals surface area contributed by atoms with Gasteiger partial charge < -0.3 is 0 Å². The molecule has 18 heavy (non-hydrogen) atoms. The summed E-state index contributed by atoms with van der Waals surface area (Å²) in [6.07, 6.45) is 0.223. The maximum atomic E-state index is 13.3. The summed E-state index contributed by atoms with van der Waals surface area (Å²) in [7, 11) is 0. The van der Waals surface area contributed by atoms with Crippen molar-refractivity contribution in [1.82, 2.24) is 9.78 Å². The molecule has 0 aliphatic rings. The molecule has 3 nitrogen and oxygen atoms in total. The minimum atomic E-state index is -0.760. The van der Waals surface area contributed by atoms with E-state index in [0.717, 1.165) is 5.69 Å². The van der Waals surface area contributed by atoms with Crippen LogP contribution in [0.2, 0.25) is 0 Å². The molecule has 0 spiro atoms. The van der Waals surface area contributed by atoms with Crippen LogP contribution < -0.4 is 0 Å². The Kier molecular flexibility index (Phi) is 4.09. The summed E-state index contributed by atoms with van der Waals surface area (Å²) in [5.74, 6) is -0.471. The van der Waals surface area contributed by atoms with Gasteiger partial charge in [-0.25, -0.2) is 4.39 Å². The number of halogens is 1. The molecule has 0 amide bonds. The summed E-state index contributed by atoms with van der Waals surface area (Å²) in [4.78, 5) is 10.5. The fourth-order valence-corrected chi connectivity index (χ4v) is 1.74. The van der Waals surface area contributed by atoms with Crippen LogP contribution in [0.5, 0.6) is 0 Å². The van der Waals surface area contributed by atoms with E-state index in [0.29, 0.717) is 5.69 Å². The molecule has 1 aromatic heterocycles. The maximum Gasteiger partial charge on any atom is 0.178 e. The first-order chi connectivity index (χ1) is 8.18. The highest BCUT2D eigenvalue weighted by Crippen LogP contribution is 2.27. The van der Waals surface area contributed by atoms with E-state index in [4.69, 9.17) is 0 Å². The molecule has 1 aromatic rings. The molecule has 0 aromatic carbocycles. The van der Waals surface area contributed by atoms with Crippen molar-refractivity contribution in [3.05, 3.63) is 23.3 Å². The number of hydrogen-bond donors (Lipinski definition) is 0. The fraction of sp³-hybridized carbons (Fsp3) is 0.571. The van der Waals surface area contributed by atoms with Gasteiger partial charge in [0.1, 0.15) is 0 Å². The highest BCUT2D eigenvalue weighted by atomic mass is 19.1. The van der Waals surface area contributed by atoms with E-state index in [1.54, 1.807) is 6.92 Å². The third-order valence-electron chi connectivity index (χ3n) is 2.81. The van der Waals surface area contributed by atoms with E-state index in [1.165, 1.54) is 0 Å². The summed E-state index contributed by atoms with van der Waals surface area (Å²) in [6.45, 7) is 11.8. The van der Waals surface area contributed by atoms with E-state index in [2.05, 4.69) is 18.9 Å². The number of allylic oxidation sites excluding steroid dienone is 2. The zero-order chi connectivity index (χ0) is 14.1. The first-order valence-electron chi connectivity index (χ1n) is 6.10. The van der Waals surface area contributed by atoms with Gasteiger partial charge in [0.05, 0.1) is 11.2 Å². The Labute approximate surface area is 108 Å². The van der Waals surface area contributed by atoms with Gasteiger partial charge in [-0.1, -0.05) is 13.8 Å². The molecular weight excluding hydrogens is 231 g/mol. The summed E-state index contributed by atoms with van der Waals surface area (Å²) in [6, 6.07) is 1.86. The Morgan fingerprint density at radius 1 is 1.44 bits per heavy atom. The third-order valence-corrected chi connectivity index (χ3v) is 2.81. The molecule has 0 radical (unpaired) electrons. The van der Waals surface area contributed by atoms with E-state index < -0.39 is 5.83 Å². The number of nitrogens with zero attached hydrogens (tertiary/aromatic N) is 2. The lowest BCUT2D eigenvalue weighted by atomic mass is 10.0. The summed E-state index contributed by atoms with van der Waals surface area (Å²) in [5, 5.41) is 4.43. The van der Waals surface area contributed by atoms with Gasteiger partial charge in [-0.05, 0) is 39.7 Å². The molecule has 1 rings (SSSR count). The summed E-state index contributed by atoms with van der Waals surface area (Å²) in [5.41, 5.74) is 1.68. The van der Waals surface area contributed by atoms with Crippen molar-refractivity contribution in [2.75, 3.05) is 0 Å². The Balaban J connectivity index is 3.40. The number of carbonyl (C=O) groups is 1. The second-order valence-corrected chi connectivity index (χ2v) is 5.78. The standard InChI is InChI=1S/C14H21FN2O/c1-9(2)13-7-12(10(3)11(15)8-18)16-17(13)14(4,5)6/h7-9H,1-6H3/b11-10+. The van der Waals surface area contributed by atoms with Crippen LogP contribution in [0.4, 0.5) is 4.39 Å². The van der Waals surface area contributed by atoms with Gasteiger partial charge in [-0.3, -0.25) is 9.48 Å². The first-order valence-corrected chi connectivity index (χ1v) is 6.10. The van der Waals surface area contributed by atoms with Crippen LogP contribution in [0.25, 0.3) is 5.57 Å². The van der Waals surface area contributed by atoms with E-state index in [-0.39, 0.29) is 23.3 Å². The van der Waals surface area contributed by atoms with Crippen molar-refractivity contribution >= 4 is 11.9 Å². The summed E-state index contributed by atoms with van der Waals surface area (Å²) >= 11 is 0. The molecule has 0 unspecified atom stereocenters.